The Morgan fingerprint density at radius 2 is 1.05 bits per heavy atom. The van der Waals surface area contributed by atoms with E-state index in [1.165, 1.54) is 139 Å². The second-order valence-electron chi connectivity index (χ2n) is 13.6. The number of hydrogen-bond donors (Lipinski definition) is 0. The molecular weight excluding hydrogens is 585 g/mol. The van der Waals surface area contributed by atoms with Gasteiger partial charge in [-0.05, 0) is 56.3 Å². The molecule has 0 aromatic rings. The zero-order valence-corrected chi connectivity index (χ0v) is 34.3. The van der Waals surface area contributed by atoms with Gasteiger partial charge in [-0.3, -0.25) is 0 Å². The first-order valence-corrected chi connectivity index (χ1v) is 27.1. The van der Waals surface area contributed by atoms with Crippen LogP contribution < -0.4 is 0 Å². The predicted octanol–water partition coefficient (Wildman–Crippen LogP) is 10.3. The molecule has 42 heavy (non-hydrogen) atoms. The van der Waals surface area contributed by atoms with E-state index in [4.69, 9.17) is 13.0 Å². The van der Waals surface area contributed by atoms with Crippen LogP contribution in [0.1, 0.15) is 150 Å². The number of hydrogen-bond acceptors (Lipinski definition) is 4. The summed E-state index contributed by atoms with van der Waals surface area (Å²) in [7, 11) is -4.48. The lowest BCUT2D eigenvalue weighted by molar-refractivity contribution is -0.138. The van der Waals surface area contributed by atoms with E-state index in [-0.39, 0.29) is 5.97 Å². The van der Waals surface area contributed by atoms with Crippen molar-refractivity contribution in [2.45, 2.75) is 193 Å². The lowest BCUT2D eigenvalue weighted by Crippen LogP contribution is -2.42. The second kappa shape index (κ2) is 28.5. The maximum absolute atomic E-state index is 11.6. The number of esters is 1. The van der Waals surface area contributed by atoms with Gasteiger partial charge in [0.2, 0.25) is 0 Å². The van der Waals surface area contributed by atoms with Crippen LogP contribution in [0.5, 0.6) is 0 Å². The summed E-state index contributed by atoms with van der Waals surface area (Å²) >= 11 is 0. The van der Waals surface area contributed by atoms with Crippen molar-refractivity contribution in [3.8, 4) is 0 Å². The van der Waals surface area contributed by atoms with Crippen LogP contribution in [-0.2, 0) is 17.8 Å². The van der Waals surface area contributed by atoms with Crippen LogP contribution in [0.4, 0.5) is 0 Å². The first-order valence-electron chi connectivity index (χ1n) is 18.3. The minimum Gasteiger partial charge on any atom is -0.462 e. The molecule has 8 heteroatoms. The summed E-state index contributed by atoms with van der Waals surface area (Å²) in [4.78, 5) is 11.6. The third-order valence-corrected chi connectivity index (χ3v) is 26.1. The zero-order valence-electron chi connectivity index (χ0n) is 29.4. The van der Waals surface area contributed by atoms with Crippen LogP contribution in [0.25, 0.3) is 0 Å². The number of rotatable bonds is 32. The van der Waals surface area contributed by atoms with Gasteiger partial charge in [-0.2, -0.15) is 0 Å². The molecule has 0 amide bonds. The Hall–Kier alpha value is -0.00247. The highest BCUT2D eigenvalue weighted by Gasteiger charge is 2.34. The fraction of sp³-hybridized carbons (Fsp3) is 0.912. The van der Waals surface area contributed by atoms with Gasteiger partial charge in [0.1, 0.15) is 19.5 Å². The molecule has 0 aliphatic rings. The lowest BCUT2D eigenvalue weighted by atomic mass is 10.1. The monoisotopic (exact) mass is 658 g/mol. The van der Waals surface area contributed by atoms with Gasteiger partial charge in [-0.15, -0.1) is 0 Å². The standard InChI is InChI=1S/C34H74O4Si4/c1-8-11-14-17-20-23-29-42(30-24-21-18-15-12-9-2,31-25-22-19-16-13-10-3)38-40-32-41(6,7)37-39-28-26-27-36-34(35)33(4)5/h4,8-32,39-40H2,1-3,5-7H3. The molecular formula is C34H74O4Si4. The molecule has 250 valence electrons. The second-order valence-corrected chi connectivity index (χ2v) is 26.8. The van der Waals surface area contributed by atoms with Crippen molar-refractivity contribution in [2.24, 2.45) is 0 Å². The van der Waals surface area contributed by atoms with Gasteiger partial charge in [0.15, 0.2) is 16.6 Å². The van der Waals surface area contributed by atoms with Crippen molar-refractivity contribution in [2.75, 3.05) is 6.61 Å². The highest BCUT2D eigenvalue weighted by atomic mass is 28.4. The van der Waals surface area contributed by atoms with E-state index in [2.05, 4.69) is 40.4 Å². The Kier molecular flexibility index (Phi) is 28.5. The molecule has 0 aromatic carbocycles. The smallest absolute Gasteiger partial charge is 0.333 e. The summed E-state index contributed by atoms with van der Waals surface area (Å²) in [6.07, 6.45) is 26.0. The molecule has 0 bridgehead atoms. The first kappa shape index (κ1) is 42.0. The average Bonchev–Trinajstić information content (AvgIpc) is 2.95. The largest absolute Gasteiger partial charge is 0.462 e. The van der Waals surface area contributed by atoms with Gasteiger partial charge >= 0.3 is 5.97 Å². The number of carbonyl (C=O) groups is 1. The molecule has 0 aromatic heterocycles. The fourth-order valence-electron chi connectivity index (χ4n) is 5.70. The highest BCUT2D eigenvalue weighted by molar-refractivity contribution is 6.84. The molecule has 0 saturated carbocycles. The Balaban J connectivity index is 4.99. The maximum Gasteiger partial charge on any atom is 0.333 e. The fourth-order valence-corrected chi connectivity index (χ4v) is 21.0. The third kappa shape index (κ3) is 25.3. The van der Waals surface area contributed by atoms with Gasteiger partial charge in [-0.25, -0.2) is 4.79 Å². The molecule has 0 aliphatic carbocycles. The van der Waals surface area contributed by atoms with E-state index < -0.39 is 36.2 Å². The molecule has 0 heterocycles. The van der Waals surface area contributed by atoms with E-state index in [1.807, 2.05) is 0 Å². The van der Waals surface area contributed by atoms with E-state index in [0.29, 0.717) is 12.2 Å². The SMILES string of the molecule is C=C(C)C(=O)OCCC[SiH2]O[Si](C)(C)C[SiH2]O[Si](CCCCCCCC)(CCCCCCCC)CCCCCCCC. The number of ether oxygens (including phenoxy) is 1. The van der Waals surface area contributed by atoms with Crippen LogP contribution in [0.15, 0.2) is 12.2 Å². The van der Waals surface area contributed by atoms with Crippen LogP contribution in [-0.4, -0.2) is 48.7 Å². The van der Waals surface area contributed by atoms with Crippen LogP contribution >= 0.6 is 0 Å². The summed E-state index contributed by atoms with van der Waals surface area (Å²) in [5, 5.41) is 0. The third-order valence-electron chi connectivity index (χ3n) is 8.68. The summed E-state index contributed by atoms with van der Waals surface area (Å²) < 4.78 is 19.2. The molecule has 0 saturated heterocycles. The zero-order chi connectivity index (χ0) is 31.4. The average molecular weight is 659 g/mol. The molecule has 0 atom stereocenters. The minimum atomic E-state index is -1.69. The normalized spacial score (nSPS) is 12.7. The van der Waals surface area contributed by atoms with Crippen molar-refractivity contribution in [3.63, 3.8) is 0 Å². The van der Waals surface area contributed by atoms with Gasteiger partial charge in [0.25, 0.3) is 0 Å². The van der Waals surface area contributed by atoms with E-state index >= 15 is 0 Å². The highest BCUT2D eigenvalue weighted by Crippen LogP contribution is 2.31. The Morgan fingerprint density at radius 1 is 0.619 bits per heavy atom. The van der Waals surface area contributed by atoms with Crippen molar-refractivity contribution >= 4 is 42.1 Å². The summed E-state index contributed by atoms with van der Waals surface area (Å²) in [6.45, 7) is 17.6. The van der Waals surface area contributed by atoms with Gasteiger partial charge < -0.3 is 13.0 Å². The van der Waals surface area contributed by atoms with Gasteiger partial charge in [0, 0.05) is 5.57 Å². The summed E-state index contributed by atoms with van der Waals surface area (Å²) in [5.41, 5.74) is 1.73. The molecule has 4 nitrogen and oxygen atoms in total. The van der Waals surface area contributed by atoms with E-state index in [0.717, 1.165) is 12.5 Å². The van der Waals surface area contributed by atoms with Crippen molar-refractivity contribution in [3.05, 3.63) is 12.2 Å². The van der Waals surface area contributed by atoms with Crippen LogP contribution in [0.3, 0.4) is 0 Å². The van der Waals surface area contributed by atoms with Crippen molar-refractivity contribution in [1.29, 1.82) is 0 Å². The lowest BCUT2D eigenvalue weighted by Gasteiger charge is -2.34. The molecule has 0 aliphatic heterocycles. The minimum absolute atomic E-state index is 0.272. The topological polar surface area (TPSA) is 44.8 Å². The quantitative estimate of drug-likeness (QED) is 0.0312. The molecule has 0 spiro atoms. The summed E-state index contributed by atoms with van der Waals surface area (Å²) in [6, 6.07) is 5.32. The molecule has 0 N–H and O–H groups in total. The molecule has 0 rings (SSSR count). The van der Waals surface area contributed by atoms with E-state index in [9.17, 15) is 4.79 Å². The Morgan fingerprint density at radius 3 is 1.48 bits per heavy atom. The maximum atomic E-state index is 11.6. The summed E-state index contributed by atoms with van der Waals surface area (Å²) in [5.74, 6) is -0.272. The molecule has 0 unspecified atom stereocenters. The van der Waals surface area contributed by atoms with Crippen LogP contribution in [0, 0.1) is 0 Å². The van der Waals surface area contributed by atoms with Gasteiger partial charge in [-0.1, -0.05) is 143 Å². The van der Waals surface area contributed by atoms with Gasteiger partial charge in [0.05, 0.1) is 6.61 Å². The van der Waals surface area contributed by atoms with Crippen LogP contribution in [0.2, 0.25) is 42.9 Å². The number of unbranched alkanes of at least 4 members (excludes halogenated alkanes) is 15. The number of carbonyl (C=O) groups excluding carboxylic acids is 1. The molecule has 0 radical (unpaired) electrons. The predicted molar refractivity (Wildman–Crippen MR) is 197 cm³/mol. The molecule has 0 fully saturated rings. The van der Waals surface area contributed by atoms with Crippen molar-refractivity contribution < 1.29 is 17.8 Å². The van der Waals surface area contributed by atoms with Crippen molar-refractivity contribution in [1.82, 2.24) is 0 Å². The van der Waals surface area contributed by atoms with E-state index in [1.54, 1.807) is 6.92 Å². The first-order chi connectivity index (χ1) is 20.2. The Labute approximate surface area is 270 Å². The Bertz CT molecular complexity index is 604.